The molecule has 0 aliphatic carbocycles. The van der Waals surface area contributed by atoms with E-state index in [2.05, 4.69) is 14.3 Å². The van der Waals surface area contributed by atoms with Crippen molar-refractivity contribution < 1.29 is 4.39 Å². The number of hydrogen-bond donors (Lipinski definition) is 1. The Bertz CT molecular complexity index is 1110. The zero-order chi connectivity index (χ0) is 17.7. The number of fused-ring (bicyclic) bond motifs is 2. The summed E-state index contributed by atoms with van der Waals surface area (Å²) in [7, 11) is 0. The first-order valence-corrected chi connectivity index (χ1v) is 9.98. The second kappa shape index (κ2) is 6.25. The van der Waals surface area contributed by atoms with Crippen LogP contribution < -0.4 is 4.90 Å². The fraction of sp³-hybridized carbons (Fsp3) is 0.250. The Hall–Kier alpha value is -2.11. The maximum Gasteiger partial charge on any atom is 0.159 e. The number of nitrogens with one attached hydrogen (secondary N) is 1. The van der Waals surface area contributed by atoms with Crippen molar-refractivity contribution in [2.75, 3.05) is 18.0 Å². The summed E-state index contributed by atoms with van der Waals surface area (Å²) in [5, 5.41) is 3.24. The molecule has 1 aliphatic heterocycles. The van der Waals surface area contributed by atoms with Gasteiger partial charge in [-0.3, -0.25) is 0 Å². The minimum Gasteiger partial charge on any atom is -0.362 e. The number of para-hydroxylation sites is 1. The number of nitrogens with zero attached hydrogens (tertiary/aromatic N) is 2. The number of hydrogen-bond acceptors (Lipinski definition) is 3. The van der Waals surface area contributed by atoms with Gasteiger partial charge in [0.2, 0.25) is 0 Å². The number of benzene rings is 2. The first-order chi connectivity index (χ1) is 12.7. The molecule has 0 atom stereocenters. The van der Waals surface area contributed by atoms with E-state index in [1.807, 2.05) is 36.5 Å². The Balaban J connectivity index is 1.70. The second-order valence-corrected chi connectivity index (χ2v) is 7.89. The monoisotopic (exact) mass is 385 g/mol. The van der Waals surface area contributed by atoms with Crippen LogP contribution in [0.1, 0.15) is 19.3 Å². The van der Waals surface area contributed by atoms with Gasteiger partial charge in [0.1, 0.15) is 10.5 Å². The Labute approximate surface area is 159 Å². The van der Waals surface area contributed by atoms with Gasteiger partial charge in [-0.05, 0) is 42.9 Å². The predicted octanol–water partition coefficient (Wildman–Crippen LogP) is 6.23. The van der Waals surface area contributed by atoms with Gasteiger partial charge in [0.15, 0.2) is 5.82 Å². The van der Waals surface area contributed by atoms with Gasteiger partial charge < -0.3 is 9.88 Å². The molecule has 2 aromatic carbocycles. The van der Waals surface area contributed by atoms with E-state index in [1.54, 1.807) is 0 Å². The van der Waals surface area contributed by atoms with Crippen LogP contribution in [0.25, 0.3) is 32.9 Å². The van der Waals surface area contributed by atoms with Crippen molar-refractivity contribution in [2.24, 2.45) is 0 Å². The summed E-state index contributed by atoms with van der Waals surface area (Å²) in [6.45, 7) is 2.00. The number of aromatic amines is 1. The highest BCUT2D eigenvalue weighted by molar-refractivity contribution is 7.11. The number of aromatic nitrogens is 2. The lowest BCUT2D eigenvalue weighted by Crippen LogP contribution is -2.28. The largest absolute Gasteiger partial charge is 0.362 e. The van der Waals surface area contributed by atoms with Crippen molar-refractivity contribution in [3.8, 4) is 11.1 Å². The van der Waals surface area contributed by atoms with E-state index in [0.717, 1.165) is 39.9 Å². The molecular weight excluding hydrogens is 369 g/mol. The summed E-state index contributed by atoms with van der Waals surface area (Å²) in [4.78, 5) is 5.50. The van der Waals surface area contributed by atoms with Crippen LogP contribution >= 0.6 is 23.1 Å². The van der Waals surface area contributed by atoms with Gasteiger partial charge in [-0.25, -0.2) is 4.39 Å². The van der Waals surface area contributed by atoms with Gasteiger partial charge in [-0.1, -0.05) is 29.8 Å². The quantitative estimate of drug-likeness (QED) is 0.443. The highest BCUT2D eigenvalue weighted by Gasteiger charge is 2.23. The average Bonchev–Trinajstić information content (AvgIpc) is 3.27. The molecule has 26 heavy (non-hydrogen) atoms. The molecule has 1 N–H and O–H groups in total. The van der Waals surface area contributed by atoms with Crippen LogP contribution in [-0.4, -0.2) is 22.4 Å². The minimum atomic E-state index is -0.336. The lowest BCUT2D eigenvalue weighted by atomic mass is 10.0. The molecule has 1 fully saturated rings. The van der Waals surface area contributed by atoms with Gasteiger partial charge in [0, 0.05) is 46.7 Å². The Morgan fingerprint density at radius 1 is 1.12 bits per heavy atom. The van der Waals surface area contributed by atoms with Crippen LogP contribution in [-0.2, 0) is 0 Å². The third-order valence-corrected chi connectivity index (χ3v) is 6.37. The van der Waals surface area contributed by atoms with Crippen molar-refractivity contribution in [2.45, 2.75) is 19.3 Å². The predicted molar refractivity (Wildman–Crippen MR) is 108 cm³/mol. The third-order valence-electron chi connectivity index (χ3n) is 5.15. The molecule has 0 radical (unpaired) electrons. The van der Waals surface area contributed by atoms with Crippen molar-refractivity contribution >= 4 is 49.9 Å². The normalized spacial score (nSPS) is 15.2. The highest BCUT2D eigenvalue weighted by atomic mass is 35.5. The summed E-state index contributed by atoms with van der Waals surface area (Å²) in [5.41, 5.74) is 2.58. The molecule has 0 saturated carbocycles. The van der Waals surface area contributed by atoms with Crippen LogP contribution in [0.4, 0.5) is 9.39 Å². The SMILES string of the molecule is Fc1c(-c2c[nH]c3ccccc23)c(Cl)cc2c(N3CCCCC3)snc12. The van der Waals surface area contributed by atoms with E-state index in [1.165, 1.54) is 30.8 Å². The molecule has 3 heterocycles. The lowest BCUT2D eigenvalue weighted by Gasteiger charge is -2.27. The van der Waals surface area contributed by atoms with Crippen LogP contribution in [0.2, 0.25) is 5.02 Å². The van der Waals surface area contributed by atoms with Crippen LogP contribution in [0, 0.1) is 5.82 Å². The maximum absolute atomic E-state index is 15.4. The van der Waals surface area contributed by atoms with E-state index in [9.17, 15) is 0 Å². The first kappa shape index (κ1) is 16.1. The Kier molecular flexibility index (Phi) is 3.87. The van der Waals surface area contributed by atoms with E-state index in [-0.39, 0.29) is 5.82 Å². The molecule has 1 saturated heterocycles. The molecule has 132 valence electrons. The standard InChI is InChI=1S/C20H17ClFN3S/c21-15-10-13-19(24-26-20(13)25-8-4-1-5-9-25)18(22)17(15)14-11-23-16-7-3-2-6-12(14)16/h2-3,6-7,10-11,23H,1,4-5,8-9H2. The summed E-state index contributed by atoms with van der Waals surface area (Å²) >= 11 is 7.94. The molecular formula is C20H17ClFN3S. The minimum absolute atomic E-state index is 0.336. The fourth-order valence-corrected chi connectivity index (χ4v) is 5.05. The topological polar surface area (TPSA) is 31.9 Å². The van der Waals surface area contributed by atoms with E-state index < -0.39 is 0 Å². The van der Waals surface area contributed by atoms with Crippen LogP contribution in [0.3, 0.4) is 0 Å². The summed E-state index contributed by atoms with van der Waals surface area (Å²) in [5.74, 6) is -0.336. The Morgan fingerprint density at radius 2 is 1.92 bits per heavy atom. The van der Waals surface area contributed by atoms with Crippen molar-refractivity contribution in [3.05, 3.63) is 47.4 Å². The molecule has 4 aromatic rings. The van der Waals surface area contributed by atoms with E-state index in [4.69, 9.17) is 11.6 Å². The van der Waals surface area contributed by atoms with Gasteiger partial charge in [0.05, 0.1) is 5.02 Å². The Morgan fingerprint density at radius 3 is 2.77 bits per heavy atom. The average molecular weight is 386 g/mol. The van der Waals surface area contributed by atoms with Gasteiger partial charge in [-0.15, -0.1) is 0 Å². The number of anilines is 1. The smallest absolute Gasteiger partial charge is 0.159 e. The molecule has 0 unspecified atom stereocenters. The van der Waals surface area contributed by atoms with Gasteiger partial charge >= 0.3 is 0 Å². The van der Waals surface area contributed by atoms with Gasteiger partial charge in [0.25, 0.3) is 0 Å². The van der Waals surface area contributed by atoms with Gasteiger partial charge in [-0.2, -0.15) is 4.37 Å². The zero-order valence-corrected chi connectivity index (χ0v) is 15.6. The summed E-state index contributed by atoms with van der Waals surface area (Å²) in [6.07, 6.45) is 5.41. The van der Waals surface area contributed by atoms with Crippen molar-refractivity contribution in [1.29, 1.82) is 0 Å². The number of H-pyrrole nitrogens is 1. The van der Waals surface area contributed by atoms with E-state index >= 15 is 4.39 Å². The molecule has 6 heteroatoms. The highest BCUT2D eigenvalue weighted by Crippen LogP contribution is 2.43. The molecule has 0 spiro atoms. The number of halogens is 2. The molecule has 0 amide bonds. The molecule has 1 aliphatic rings. The molecule has 2 aromatic heterocycles. The third kappa shape index (κ3) is 2.42. The zero-order valence-electron chi connectivity index (χ0n) is 14.1. The molecule has 3 nitrogen and oxygen atoms in total. The number of piperidine rings is 1. The van der Waals surface area contributed by atoms with Crippen LogP contribution in [0.5, 0.6) is 0 Å². The summed E-state index contributed by atoms with van der Waals surface area (Å²) < 4.78 is 19.9. The lowest BCUT2D eigenvalue weighted by molar-refractivity contribution is 0.581. The van der Waals surface area contributed by atoms with E-state index in [0.29, 0.717) is 16.1 Å². The van der Waals surface area contributed by atoms with Crippen LogP contribution in [0.15, 0.2) is 36.5 Å². The van der Waals surface area contributed by atoms with Crippen molar-refractivity contribution in [3.63, 3.8) is 0 Å². The molecule has 5 rings (SSSR count). The second-order valence-electron chi connectivity index (χ2n) is 6.73. The maximum atomic E-state index is 15.4. The number of rotatable bonds is 2. The van der Waals surface area contributed by atoms with Crippen molar-refractivity contribution in [1.82, 2.24) is 9.36 Å². The summed E-state index contributed by atoms with van der Waals surface area (Å²) in [6, 6.07) is 9.72. The fourth-order valence-electron chi connectivity index (χ4n) is 3.85. The molecule has 0 bridgehead atoms. The first-order valence-electron chi connectivity index (χ1n) is 8.83.